The average molecular weight is 293 g/mol. The van der Waals surface area contributed by atoms with Crippen molar-refractivity contribution in [1.29, 1.82) is 0 Å². The van der Waals surface area contributed by atoms with E-state index in [9.17, 15) is 4.79 Å². The first-order chi connectivity index (χ1) is 10.0. The fourth-order valence-corrected chi connectivity index (χ4v) is 2.52. The Morgan fingerprint density at radius 1 is 1.29 bits per heavy atom. The number of hydrogen-bond acceptors (Lipinski definition) is 4. The molecule has 5 heteroatoms. The van der Waals surface area contributed by atoms with Crippen molar-refractivity contribution in [3.05, 3.63) is 23.8 Å². The van der Waals surface area contributed by atoms with Crippen LogP contribution in [-0.2, 0) is 4.79 Å². The number of hydrogen-bond donors (Lipinski definition) is 1. The van der Waals surface area contributed by atoms with E-state index in [4.69, 9.17) is 14.6 Å². The van der Waals surface area contributed by atoms with Crippen molar-refractivity contribution in [1.82, 2.24) is 4.90 Å². The van der Waals surface area contributed by atoms with Gasteiger partial charge in [0.2, 0.25) is 0 Å². The molecule has 0 bridgehead atoms. The molecule has 1 aliphatic rings. The Balaban J connectivity index is 2.13. The Kier molecular flexibility index (Phi) is 5.07. The smallest absolute Gasteiger partial charge is 0.307 e. The van der Waals surface area contributed by atoms with Gasteiger partial charge >= 0.3 is 5.97 Å². The Bertz CT molecular complexity index is 503. The van der Waals surface area contributed by atoms with Gasteiger partial charge in [-0.2, -0.15) is 0 Å². The minimum atomic E-state index is -0.761. The maximum atomic E-state index is 11.0. The van der Waals surface area contributed by atoms with E-state index in [2.05, 4.69) is 11.8 Å². The molecule has 1 aromatic carbocycles. The molecule has 0 aliphatic carbocycles. The van der Waals surface area contributed by atoms with Gasteiger partial charge in [-0.1, -0.05) is 19.9 Å². The summed E-state index contributed by atoms with van der Waals surface area (Å²) in [6.07, 6.45) is 0. The highest BCUT2D eigenvalue weighted by Crippen LogP contribution is 2.34. The van der Waals surface area contributed by atoms with E-state index in [1.165, 1.54) is 0 Å². The van der Waals surface area contributed by atoms with E-state index >= 15 is 0 Å². The zero-order valence-corrected chi connectivity index (χ0v) is 12.8. The van der Waals surface area contributed by atoms with Crippen molar-refractivity contribution in [2.24, 2.45) is 5.92 Å². The molecule has 21 heavy (non-hydrogen) atoms. The van der Waals surface area contributed by atoms with Crippen LogP contribution in [-0.4, -0.2) is 42.3 Å². The van der Waals surface area contributed by atoms with Gasteiger partial charge in [0, 0.05) is 12.6 Å². The number of carboxylic acid groups (broad SMARTS) is 1. The van der Waals surface area contributed by atoms with E-state index in [-0.39, 0.29) is 12.0 Å². The van der Waals surface area contributed by atoms with E-state index in [1.54, 1.807) is 6.92 Å². The zero-order valence-electron chi connectivity index (χ0n) is 12.8. The fourth-order valence-electron chi connectivity index (χ4n) is 2.52. The minimum Gasteiger partial charge on any atom is -0.486 e. The predicted molar refractivity (Wildman–Crippen MR) is 79.9 cm³/mol. The quantitative estimate of drug-likeness (QED) is 0.873. The molecule has 0 saturated heterocycles. The summed E-state index contributed by atoms with van der Waals surface area (Å²) in [5.41, 5.74) is 1.11. The molecule has 0 spiro atoms. The van der Waals surface area contributed by atoms with Crippen molar-refractivity contribution in [2.45, 2.75) is 26.8 Å². The Labute approximate surface area is 125 Å². The van der Waals surface area contributed by atoms with Crippen molar-refractivity contribution in [3.8, 4) is 11.5 Å². The highest BCUT2D eigenvalue weighted by molar-refractivity contribution is 5.69. The lowest BCUT2D eigenvalue weighted by Gasteiger charge is -2.30. The van der Waals surface area contributed by atoms with Crippen LogP contribution in [0.25, 0.3) is 0 Å². The maximum Gasteiger partial charge on any atom is 0.307 e. The monoisotopic (exact) mass is 293 g/mol. The van der Waals surface area contributed by atoms with E-state index in [1.807, 2.05) is 25.1 Å². The number of carbonyl (C=O) groups is 1. The van der Waals surface area contributed by atoms with Crippen LogP contribution in [0.4, 0.5) is 0 Å². The number of carboxylic acids is 1. The fraction of sp³-hybridized carbons (Fsp3) is 0.562. The van der Waals surface area contributed by atoms with Crippen LogP contribution in [0.5, 0.6) is 11.5 Å². The van der Waals surface area contributed by atoms with Crippen molar-refractivity contribution in [3.63, 3.8) is 0 Å². The van der Waals surface area contributed by atoms with Crippen LogP contribution in [0, 0.1) is 5.92 Å². The minimum absolute atomic E-state index is 0.132. The Morgan fingerprint density at radius 2 is 1.95 bits per heavy atom. The summed E-state index contributed by atoms with van der Waals surface area (Å²) in [6.45, 7) is 8.35. The van der Waals surface area contributed by atoms with Crippen molar-refractivity contribution >= 4 is 5.97 Å². The lowest BCUT2D eigenvalue weighted by atomic mass is 10.0. The summed E-state index contributed by atoms with van der Waals surface area (Å²) >= 11 is 0. The molecule has 1 N–H and O–H groups in total. The largest absolute Gasteiger partial charge is 0.486 e. The van der Waals surface area contributed by atoms with E-state index in [0.29, 0.717) is 19.8 Å². The average Bonchev–Trinajstić information content (AvgIpc) is 2.51. The first-order valence-corrected chi connectivity index (χ1v) is 7.39. The van der Waals surface area contributed by atoms with Gasteiger partial charge in [-0.05, 0) is 31.2 Å². The molecule has 1 heterocycles. The molecule has 5 nitrogen and oxygen atoms in total. The summed E-state index contributed by atoms with van der Waals surface area (Å²) in [5.74, 6) is 0.402. The second kappa shape index (κ2) is 6.80. The molecule has 0 saturated carbocycles. The molecule has 2 atom stereocenters. The van der Waals surface area contributed by atoms with Crippen LogP contribution in [0.2, 0.25) is 0 Å². The molecule has 2 rings (SSSR count). The number of nitrogens with zero attached hydrogens (tertiary/aromatic N) is 1. The SMILES string of the molecule is CCN(CC(C)C(=O)O)C(C)c1ccc2c(c1)OCCO2. The van der Waals surface area contributed by atoms with Gasteiger partial charge in [-0.3, -0.25) is 9.69 Å². The van der Waals surface area contributed by atoms with Gasteiger partial charge in [0.1, 0.15) is 13.2 Å². The number of rotatable bonds is 6. The summed E-state index contributed by atoms with van der Waals surface area (Å²) < 4.78 is 11.1. The predicted octanol–water partition coefficient (Wildman–Crippen LogP) is 2.56. The van der Waals surface area contributed by atoms with Gasteiger partial charge in [0.25, 0.3) is 0 Å². The first-order valence-electron chi connectivity index (χ1n) is 7.39. The summed E-state index contributed by atoms with van der Waals surface area (Å²) in [6, 6.07) is 6.07. The maximum absolute atomic E-state index is 11.0. The molecule has 0 fully saturated rings. The molecule has 0 radical (unpaired) electrons. The van der Waals surface area contributed by atoms with Crippen LogP contribution in [0.3, 0.4) is 0 Å². The van der Waals surface area contributed by atoms with Gasteiger partial charge in [-0.15, -0.1) is 0 Å². The third kappa shape index (κ3) is 3.67. The summed E-state index contributed by atoms with van der Waals surface area (Å²) in [4.78, 5) is 13.2. The van der Waals surface area contributed by atoms with Gasteiger partial charge in [0.15, 0.2) is 11.5 Å². The topological polar surface area (TPSA) is 59.0 Å². The molecule has 0 aromatic heterocycles. The lowest BCUT2D eigenvalue weighted by Crippen LogP contribution is -2.34. The molecular formula is C16H23NO4. The van der Waals surface area contributed by atoms with E-state index < -0.39 is 5.97 Å². The second-order valence-electron chi connectivity index (χ2n) is 5.41. The second-order valence-corrected chi connectivity index (χ2v) is 5.41. The van der Waals surface area contributed by atoms with Crippen LogP contribution < -0.4 is 9.47 Å². The third-order valence-electron chi connectivity index (χ3n) is 3.93. The van der Waals surface area contributed by atoms with Gasteiger partial charge in [0.05, 0.1) is 5.92 Å². The first kappa shape index (κ1) is 15.6. The number of ether oxygens (including phenoxy) is 2. The third-order valence-corrected chi connectivity index (χ3v) is 3.93. The van der Waals surface area contributed by atoms with Crippen LogP contribution >= 0.6 is 0 Å². The number of benzene rings is 1. The Morgan fingerprint density at radius 3 is 2.57 bits per heavy atom. The molecule has 116 valence electrons. The Hall–Kier alpha value is -1.75. The van der Waals surface area contributed by atoms with Crippen LogP contribution in [0.1, 0.15) is 32.4 Å². The highest BCUT2D eigenvalue weighted by atomic mass is 16.6. The molecule has 0 amide bonds. The normalized spacial score (nSPS) is 16.6. The molecular weight excluding hydrogens is 270 g/mol. The van der Waals surface area contributed by atoms with E-state index in [0.717, 1.165) is 23.6 Å². The van der Waals surface area contributed by atoms with Gasteiger partial charge < -0.3 is 14.6 Å². The van der Waals surface area contributed by atoms with Gasteiger partial charge in [-0.25, -0.2) is 0 Å². The van der Waals surface area contributed by atoms with Crippen molar-refractivity contribution in [2.75, 3.05) is 26.3 Å². The molecule has 1 aliphatic heterocycles. The molecule has 1 aromatic rings. The number of aliphatic carboxylic acids is 1. The van der Waals surface area contributed by atoms with Crippen LogP contribution in [0.15, 0.2) is 18.2 Å². The molecule has 2 unspecified atom stereocenters. The standard InChI is InChI=1S/C16H23NO4/c1-4-17(10-11(2)16(18)19)12(3)13-5-6-14-15(9-13)21-8-7-20-14/h5-6,9,11-12H,4,7-8,10H2,1-3H3,(H,18,19). The summed E-state index contributed by atoms with van der Waals surface area (Å²) in [7, 11) is 0. The highest BCUT2D eigenvalue weighted by Gasteiger charge is 2.22. The zero-order chi connectivity index (χ0) is 15.4. The summed E-state index contributed by atoms with van der Waals surface area (Å²) in [5, 5.41) is 9.07. The lowest BCUT2D eigenvalue weighted by molar-refractivity contribution is -0.141. The number of fused-ring (bicyclic) bond motifs is 1. The van der Waals surface area contributed by atoms with Crippen molar-refractivity contribution < 1.29 is 19.4 Å².